The van der Waals surface area contributed by atoms with Crippen molar-refractivity contribution in [2.24, 2.45) is 0 Å². The number of hydrogen-bond donors (Lipinski definition) is 0. The van der Waals surface area contributed by atoms with E-state index in [1.807, 2.05) is 19.9 Å². The second-order valence-electron chi connectivity index (χ2n) is 7.69. The highest BCUT2D eigenvalue weighted by Crippen LogP contribution is 2.35. The van der Waals surface area contributed by atoms with Crippen molar-refractivity contribution in [3.05, 3.63) is 65.7 Å². The molecule has 0 N–H and O–H groups in total. The van der Waals surface area contributed by atoms with Gasteiger partial charge in [-0.15, -0.1) is 0 Å². The van der Waals surface area contributed by atoms with Crippen LogP contribution in [0.15, 0.2) is 59.5 Å². The molecule has 1 unspecified atom stereocenters. The van der Waals surface area contributed by atoms with Gasteiger partial charge in [-0.2, -0.15) is 0 Å². The molecule has 0 aromatic heterocycles. The first-order valence-electron chi connectivity index (χ1n) is 11.3. The lowest BCUT2D eigenvalue weighted by Crippen LogP contribution is -2.28. The molecule has 0 aliphatic carbocycles. The van der Waals surface area contributed by atoms with E-state index in [0.717, 1.165) is 0 Å². The predicted octanol–water partition coefficient (Wildman–Crippen LogP) is 4.44. The summed E-state index contributed by atoms with van der Waals surface area (Å²) in [6.07, 6.45) is 1.51. The minimum Gasteiger partial charge on any atom is -0.481 e. The summed E-state index contributed by atoms with van der Waals surface area (Å²) < 4.78 is 37.5. The summed E-state index contributed by atoms with van der Waals surface area (Å²) >= 11 is 0. The van der Waals surface area contributed by atoms with Crippen LogP contribution in [0.25, 0.3) is 5.57 Å². The molecular weight excluding hydrogens is 454 g/mol. The number of carbonyl (C=O) groups is 2. The highest BCUT2D eigenvalue weighted by molar-refractivity contribution is 7.91. The van der Waals surface area contributed by atoms with Crippen molar-refractivity contribution >= 4 is 27.3 Å². The van der Waals surface area contributed by atoms with Gasteiger partial charge >= 0.3 is 5.97 Å². The zero-order valence-corrected chi connectivity index (χ0v) is 21.2. The number of carbonyl (C=O) groups excluding carboxylic acids is 2. The van der Waals surface area contributed by atoms with Crippen LogP contribution in [0.5, 0.6) is 5.75 Å². The molecule has 0 fully saturated rings. The van der Waals surface area contributed by atoms with Crippen LogP contribution in [0, 0.1) is 0 Å². The lowest BCUT2D eigenvalue weighted by atomic mass is 10.1. The topological polar surface area (TPSA) is 90.0 Å². The normalized spacial score (nSPS) is 12.7. The maximum Gasteiger partial charge on any atom is 0.344 e. The van der Waals surface area contributed by atoms with Gasteiger partial charge in [-0.25, -0.2) is 13.2 Å². The number of nitrogens with zero attached hydrogens (tertiary/aromatic N) is 1. The second kappa shape index (κ2) is 12.4. The largest absolute Gasteiger partial charge is 0.481 e. The molecule has 1 atom stereocenters. The Kier molecular flexibility index (Phi) is 9.86. The Morgan fingerprint density at radius 2 is 1.68 bits per heavy atom. The van der Waals surface area contributed by atoms with E-state index in [1.165, 1.54) is 12.1 Å². The molecule has 0 aliphatic rings. The van der Waals surface area contributed by atoms with Gasteiger partial charge in [0.25, 0.3) is 0 Å². The molecule has 0 spiro atoms. The zero-order chi connectivity index (χ0) is 25.3. The smallest absolute Gasteiger partial charge is 0.344 e. The van der Waals surface area contributed by atoms with Crippen molar-refractivity contribution in [3.63, 3.8) is 0 Å². The molecule has 0 heterocycles. The van der Waals surface area contributed by atoms with Crippen LogP contribution in [-0.2, 0) is 24.2 Å². The Hall–Kier alpha value is -3.13. The number of benzene rings is 2. The van der Waals surface area contributed by atoms with Gasteiger partial charge in [0.2, 0.25) is 5.91 Å². The van der Waals surface area contributed by atoms with Gasteiger partial charge < -0.3 is 14.4 Å². The average Bonchev–Trinajstić information content (AvgIpc) is 2.83. The van der Waals surface area contributed by atoms with Crippen molar-refractivity contribution in [2.45, 2.75) is 44.8 Å². The molecule has 7 nitrogen and oxygen atoms in total. The van der Waals surface area contributed by atoms with Crippen LogP contribution < -0.4 is 4.74 Å². The number of esters is 1. The molecule has 2 aromatic rings. The van der Waals surface area contributed by atoms with Crippen molar-refractivity contribution in [3.8, 4) is 5.75 Å². The first kappa shape index (κ1) is 27.1. The molecule has 1 amide bonds. The molecule has 0 saturated carbocycles. The van der Waals surface area contributed by atoms with Crippen LogP contribution >= 0.6 is 0 Å². The standard InChI is InChI=1S/C26H33NO6S/c1-6-27(7-2)25(28)16-19(4)22-14-15-24(23(17-22)33-18-26(29)32-8-3)34(30,31)20(5)21-12-10-9-11-13-21/h9-17,20H,6-8,18H2,1-5H3/b19-16+. The van der Waals surface area contributed by atoms with Gasteiger partial charge in [0, 0.05) is 19.2 Å². The van der Waals surface area contributed by atoms with Gasteiger partial charge in [0.05, 0.1) is 11.9 Å². The number of ether oxygens (including phenoxy) is 2. The maximum atomic E-state index is 13.5. The fourth-order valence-electron chi connectivity index (χ4n) is 3.43. The van der Waals surface area contributed by atoms with E-state index in [0.29, 0.717) is 29.8 Å². The molecule has 0 aliphatic heterocycles. The second-order valence-corrected chi connectivity index (χ2v) is 9.93. The highest BCUT2D eigenvalue weighted by atomic mass is 32.2. The Labute approximate surface area is 202 Å². The Bertz CT molecular complexity index is 1120. The first-order chi connectivity index (χ1) is 16.1. The lowest BCUT2D eigenvalue weighted by molar-refractivity contribution is -0.145. The van der Waals surface area contributed by atoms with E-state index >= 15 is 0 Å². The fourth-order valence-corrected chi connectivity index (χ4v) is 4.98. The third-order valence-corrected chi connectivity index (χ3v) is 7.66. The molecule has 34 heavy (non-hydrogen) atoms. The van der Waals surface area contributed by atoms with Gasteiger partial charge in [0.1, 0.15) is 10.6 Å². The van der Waals surface area contributed by atoms with Crippen LogP contribution in [0.3, 0.4) is 0 Å². The fraction of sp³-hybridized carbons (Fsp3) is 0.385. The summed E-state index contributed by atoms with van der Waals surface area (Å²) in [6, 6.07) is 13.5. The van der Waals surface area contributed by atoms with E-state index < -0.39 is 27.7 Å². The first-order valence-corrected chi connectivity index (χ1v) is 12.9. The van der Waals surface area contributed by atoms with Crippen molar-refractivity contribution < 1.29 is 27.5 Å². The van der Waals surface area contributed by atoms with E-state index in [1.54, 1.807) is 62.1 Å². The number of sulfone groups is 1. The molecule has 0 saturated heterocycles. The van der Waals surface area contributed by atoms with Crippen LogP contribution in [0.2, 0.25) is 0 Å². The van der Waals surface area contributed by atoms with E-state index in [-0.39, 0.29) is 23.2 Å². The van der Waals surface area contributed by atoms with E-state index in [2.05, 4.69) is 0 Å². The van der Waals surface area contributed by atoms with Gasteiger partial charge in [-0.3, -0.25) is 4.79 Å². The highest BCUT2D eigenvalue weighted by Gasteiger charge is 2.29. The van der Waals surface area contributed by atoms with Crippen LogP contribution in [0.4, 0.5) is 0 Å². The average molecular weight is 488 g/mol. The molecule has 184 valence electrons. The summed E-state index contributed by atoms with van der Waals surface area (Å²) in [5.41, 5.74) is 1.91. The van der Waals surface area contributed by atoms with Crippen LogP contribution in [-0.4, -0.2) is 51.5 Å². The van der Waals surface area contributed by atoms with E-state index in [4.69, 9.17) is 9.47 Å². The summed E-state index contributed by atoms with van der Waals surface area (Å²) in [4.78, 5) is 26.0. The number of rotatable bonds is 11. The molecule has 2 aromatic carbocycles. The molecule has 0 radical (unpaired) electrons. The van der Waals surface area contributed by atoms with Crippen LogP contribution in [0.1, 0.15) is 51.0 Å². The van der Waals surface area contributed by atoms with Crippen molar-refractivity contribution in [2.75, 3.05) is 26.3 Å². The SMILES string of the molecule is CCOC(=O)COc1cc(/C(C)=C/C(=O)N(CC)CC)ccc1S(=O)(=O)C(C)c1ccccc1. The quantitative estimate of drug-likeness (QED) is 0.344. The maximum absolute atomic E-state index is 13.5. The third-order valence-electron chi connectivity index (χ3n) is 5.51. The van der Waals surface area contributed by atoms with Gasteiger partial charge in [-0.1, -0.05) is 36.4 Å². The number of likely N-dealkylation sites (N-methyl/N-ethyl adjacent to an activating group) is 1. The number of allylic oxidation sites excluding steroid dienone is 1. The Morgan fingerprint density at radius 3 is 2.26 bits per heavy atom. The predicted molar refractivity (Wildman–Crippen MR) is 132 cm³/mol. The zero-order valence-electron chi connectivity index (χ0n) is 20.4. The molecule has 2 rings (SSSR count). The van der Waals surface area contributed by atoms with Gasteiger partial charge in [0.15, 0.2) is 16.4 Å². The van der Waals surface area contributed by atoms with Gasteiger partial charge in [-0.05, 0) is 63.5 Å². The molecule has 0 bridgehead atoms. The summed E-state index contributed by atoms with van der Waals surface area (Å²) in [5.74, 6) is -0.696. The molecular formula is C26H33NO6S. The number of amides is 1. The number of hydrogen-bond acceptors (Lipinski definition) is 6. The van der Waals surface area contributed by atoms with Crippen molar-refractivity contribution in [1.29, 1.82) is 0 Å². The van der Waals surface area contributed by atoms with Crippen molar-refractivity contribution in [1.82, 2.24) is 4.90 Å². The summed E-state index contributed by atoms with van der Waals surface area (Å²) in [7, 11) is -3.84. The monoisotopic (exact) mass is 487 g/mol. The minimum atomic E-state index is -3.84. The third kappa shape index (κ3) is 6.70. The minimum absolute atomic E-state index is 0.0280. The Morgan fingerprint density at radius 1 is 1.03 bits per heavy atom. The summed E-state index contributed by atoms with van der Waals surface area (Å²) in [6.45, 7) is 9.79. The van der Waals surface area contributed by atoms with E-state index in [9.17, 15) is 18.0 Å². The lowest BCUT2D eigenvalue weighted by Gasteiger charge is -2.19. The summed E-state index contributed by atoms with van der Waals surface area (Å²) in [5, 5.41) is -0.828. The Balaban J connectivity index is 2.50. The molecule has 8 heteroatoms.